The Kier molecular flexibility index (Phi) is 5.12. The Morgan fingerprint density at radius 1 is 1.27 bits per heavy atom. The molecule has 2 amide bonds. The van der Waals surface area contributed by atoms with E-state index < -0.39 is 5.60 Å². The lowest BCUT2D eigenvalue weighted by Gasteiger charge is -2.33. The summed E-state index contributed by atoms with van der Waals surface area (Å²) in [5.41, 5.74) is 0.441. The molecule has 1 spiro atoms. The van der Waals surface area contributed by atoms with Crippen LogP contribution in [-0.4, -0.2) is 41.8 Å². The molecule has 26 heavy (non-hydrogen) atoms. The maximum atomic E-state index is 12.4. The van der Waals surface area contributed by atoms with Gasteiger partial charge in [-0.05, 0) is 45.6 Å². The highest BCUT2D eigenvalue weighted by Crippen LogP contribution is 2.52. The van der Waals surface area contributed by atoms with Crippen molar-refractivity contribution in [3.8, 4) is 0 Å². The summed E-state index contributed by atoms with van der Waals surface area (Å²) in [6.07, 6.45) is 2.15. The van der Waals surface area contributed by atoms with E-state index >= 15 is 0 Å². The number of nitrogens with one attached hydrogen (secondary N) is 1. The average molecular weight is 360 g/mol. The molecule has 1 aromatic carbocycles. The van der Waals surface area contributed by atoms with Crippen LogP contribution in [0.3, 0.4) is 0 Å². The first-order valence-electron chi connectivity index (χ1n) is 9.23. The van der Waals surface area contributed by atoms with Crippen LogP contribution < -0.4 is 5.32 Å². The van der Waals surface area contributed by atoms with Crippen LogP contribution in [0.2, 0.25) is 0 Å². The van der Waals surface area contributed by atoms with E-state index in [9.17, 15) is 9.59 Å². The molecule has 1 aliphatic carbocycles. The fraction of sp³-hybridized carbons (Fsp3) is 0.600. The van der Waals surface area contributed by atoms with Crippen molar-refractivity contribution < 1.29 is 19.1 Å². The maximum absolute atomic E-state index is 12.4. The number of piperidine rings is 1. The van der Waals surface area contributed by atoms with Crippen molar-refractivity contribution in [2.75, 3.05) is 13.1 Å². The van der Waals surface area contributed by atoms with Gasteiger partial charge in [-0.2, -0.15) is 0 Å². The topological polar surface area (TPSA) is 67.9 Å². The van der Waals surface area contributed by atoms with Gasteiger partial charge in [-0.1, -0.05) is 30.3 Å². The van der Waals surface area contributed by atoms with Crippen molar-refractivity contribution in [3.05, 3.63) is 35.9 Å². The smallest absolute Gasteiger partial charge is 0.410 e. The van der Waals surface area contributed by atoms with Gasteiger partial charge in [-0.3, -0.25) is 0 Å². The summed E-state index contributed by atoms with van der Waals surface area (Å²) in [5, 5.41) is 2.95. The van der Waals surface area contributed by atoms with Crippen LogP contribution in [-0.2, 0) is 16.1 Å². The van der Waals surface area contributed by atoms with E-state index in [4.69, 9.17) is 9.47 Å². The summed E-state index contributed by atoms with van der Waals surface area (Å²) in [5.74, 6) is 0. The minimum Gasteiger partial charge on any atom is -0.445 e. The largest absolute Gasteiger partial charge is 0.445 e. The number of hydrogen-bond acceptors (Lipinski definition) is 4. The highest BCUT2D eigenvalue weighted by Gasteiger charge is 2.57. The number of alkyl carbamates (subject to hydrolysis) is 1. The van der Waals surface area contributed by atoms with Crippen molar-refractivity contribution in [1.82, 2.24) is 10.2 Å². The number of hydrogen-bond donors (Lipinski definition) is 1. The van der Waals surface area contributed by atoms with Gasteiger partial charge in [0.05, 0.1) is 0 Å². The summed E-state index contributed by atoms with van der Waals surface area (Å²) >= 11 is 0. The first kappa shape index (κ1) is 18.5. The van der Waals surface area contributed by atoms with Gasteiger partial charge in [0.2, 0.25) is 0 Å². The summed E-state index contributed by atoms with van der Waals surface area (Å²) < 4.78 is 10.8. The van der Waals surface area contributed by atoms with Crippen molar-refractivity contribution in [2.45, 2.75) is 58.3 Å². The molecule has 0 radical (unpaired) electrons. The third-order valence-electron chi connectivity index (χ3n) is 4.95. The first-order valence-corrected chi connectivity index (χ1v) is 9.23. The van der Waals surface area contributed by atoms with E-state index in [0.29, 0.717) is 13.1 Å². The number of rotatable bonds is 3. The van der Waals surface area contributed by atoms with Crippen molar-refractivity contribution in [3.63, 3.8) is 0 Å². The Labute approximate surface area is 154 Å². The molecule has 0 aromatic heterocycles. The molecular formula is C20H28N2O4. The van der Waals surface area contributed by atoms with Gasteiger partial charge < -0.3 is 19.7 Å². The monoisotopic (exact) mass is 360 g/mol. The lowest BCUT2D eigenvalue weighted by Crippen LogP contribution is -2.44. The van der Waals surface area contributed by atoms with Crippen molar-refractivity contribution in [2.24, 2.45) is 5.41 Å². The van der Waals surface area contributed by atoms with Crippen molar-refractivity contribution >= 4 is 12.2 Å². The van der Waals surface area contributed by atoms with Crippen LogP contribution in [0.5, 0.6) is 0 Å². The van der Waals surface area contributed by atoms with Gasteiger partial charge in [0.15, 0.2) is 0 Å². The fourth-order valence-electron chi connectivity index (χ4n) is 3.58. The predicted molar refractivity (Wildman–Crippen MR) is 97.6 cm³/mol. The van der Waals surface area contributed by atoms with Crippen LogP contribution >= 0.6 is 0 Å². The Morgan fingerprint density at radius 2 is 2.00 bits per heavy atom. The number of carbonyl (C=O) groups is 2. The van der Waals surface area contributed by atoms with Crippen LogP contribution in [0.1, 0.15) is 45.6 Å². The number of ether oxygens (including phenoxy) is 2. The summed E-state index contributed by atoms with van der Waals surface area (Å²) in [4.78, 5) is 26.1. The molecule has 0 bridgehead atoms. The van der Waals surface area contributed by atoms with E-state index in [1.807, 2.05) is 51.1 Å². The van der Waals surface area contributed by atoms with Gasteiger partial charge in [-0.15, -0.1) is 0 Å². The van der Waals surface area contributed by atoms with Gasteiger partial charge in [-0.25, -0.2) is 9.59 Å². The van der Waals surface area contributed by atoms with E-state index in [2.05, 4.69) is 5.32 Å². The SMILES string of the molecule is CC(C)(C)OC(=O)N[C@H]1C[C@]12CCCN(C(=O)OCc1ccccc1)C2. The molecule has 2 atom stereocenters. The lowest BCUT2D eigenvalue weighted by molar-refractivity contribution is 0.0499. The first-order chi connectivity index (χ1) is 12.3. The minimum absolute atomic E-state index is 0.0269. The van der Waals surface area contributed by atoms with E-state index in [1.165, 1.54) is 0 Å². The van der Waals surface area contributed by atoms with Crippen LogP contribution in [0.15, 0.2) is 30.3 Å². The Morgan fingerprint density at radius 3 is 2.69 bits per heavy atom. The molecule has 1 N–H and O–H groups in total. The van der Waals surface area contributed by atoms with Gasteiger partial charge in [0, 0.05) is 24.5 Å². The lowest BCUT2D eigenvalue weighted by atomic mass is 9.94. The average Bonchev–Trinajstić information content (AvgIpc) is 3.22. The molecule has 1 aliphatic heterocycles. The molecule has 1 saturated heterocycles. The summed E-state index contributed by atoms with van der Waals surface area (Å²) in [6, 6.07) is 9.73. The molecule has 1 heterocycles. The molecule has 3 rings (SSSR count). The molecular weight excluding hydrogens is 332 g/mol. The van der Waals surface area contributed by atoms with Gasteiger partial charge in [0.25, 0.3) is 0 Å². The van der Waals surface area contributed by atoms with E-state index in [1.54, 1.807) is 4.90 Å². The highest BCUT2D eigenvalue weighted by molar-refractivity contribution is 5.70. The second kappa shape index (κ2) is 7.17. The minimum atomic E-state index is -0.508. The van der Waals surface area contributed by atoms with Crippen molar-refractivity contribution in [1.29, 1.82) is 0 Å². The number of benzene rings is 1. The molecule has 2 aliphatic rings. The normalized spacial score (nSPS) is 24.9. The molecule has 1 saturated carbocycles. The van der Waals surface area contributed by atoms with E-state index in [0.717, 1.165) is 24.8 Å². The van der Waals surface area contributed by atoms with Crippen LogP contribution in [0.4, 0.5) is 9.59 Å². The van der Waals surface area contributed by atoms with Gasteiger partial charge >= 0.3 is 12.2 Å². The zero-order valence-electron chi connectivity index (χ0n) is 15.8. The number of likely N-dealkylation sites (tertiary alicyclic amines) is 1. The van der Waals surface area contributed by atoms with Gasteiger partial charge in [0.1, 0.15) is 12.2 Å². The summed E-state index contributed by atoms with van der Waals surface area (Å²) in [6.45, 7) is 7.15. The zero-order chi connectivity index (χ0) is 18.8. The highest BCUT2D eigenvalue weighted by atomic mass is 16.6. The molecule has 0 unspecified atom stereocenters. The van der Waals surface area contributed by atoms with Crippen LogP contribution in [0.25, 0.3) is 0 Å². The predicted octanol–water partition coefficient (Wildman–Crippen LogP) is 3.70. The third kappa shape index (κ3) is 4.68. The molecule has 6 nitrogen and oxygen atoms in total. The van der Waals surface area contributed by atoms with E-state index in [-0.39, 0.29) is 30.3 Å². The fourth-order valence-corrected chi connectivity index (χ4v) is 3.58. The third-order valence-corrected chi connectivity index (χ3v) is 4.95. The quantitative estimate of drug-likeness (QED) is 0.892. The Bertz CT molecular complexity index is 656. The van der Waals surface area contributed by atoms with Crippen LogP contribution in [0, 0.1) is 5.41 Å². The Hall–Kier alpha value is -2.24. The standard InChI is InChI=1S/C20H28N2O4/c1-19(2,3)26-17(23)21-16-12-20(16)10-7-11-22(14-20)18(24)25-13-15-8-5-4-6-9-15/h4-6,8-9,16H,7,10-14H2,1-3H3,(H,21,23)/t16-,20-/m0/s1. The Balaban J connectivity index is 1.48. The second-order valence-corrected chi connectivity index (χ2v) is 8.33. The number of carbonyl (C=O) groups excluding carboxylic acids is 2. The molecule has 6 heteroatoms. The number of amides is 2. The zero-order valence-corrected chi connectivity index (χ0v) is 15.8. The summed E-state index contributed by atoms with van der Waals surface area (Å²) in [7, 11) is 0. The molecule has 142 valence electrons. The molecule has 2 fully saturated rings. The second-order valence-electron chi connectivity index (χ2n) is 8.33. The number of nitrogens with zero attached hydrogens (tertiary/aromatic N) is 1. The maximum Gasteiger partial charge on any atom is 0.410 e. The molecule has 1 aromatic rings.